The first-order valence-corrected chi connectivity index (χ1v) is 7.60. The molecule has 1 heterocycles. The molecule has 0 spiro atoms. The van der Waals surface area contributed by atoms with Crippen molar-refractivity contribution < 1.29 is 13.2 Å². The van der Waals surface area contributed by atoms with Crippen LogP contribution in [0.2, 0.25) is 0 Å². The van der Waals surface area contributed by atoms with E-state index in [4.69, 9.17) is 0 Å². The van der Waals surface area contributed by atoms with E-state index in [2.05, 4.69) is 5.32 Å². The molecule has 0 radical (unpaired) electrons. The van der Waals surface area contributed by atoms with Gasteiger partial charge in [0, 0.05) is 6.04 Å². The third kappa shape index (κ3) is 4.14. The van der Waals surface area contributed by atoms with Crippen LogP contribution in [-0.4, -0.2) is 18.1 Å². The van der Waals surface area contributed by atoms with E-state index in [1.807, 2.05) is 18.7 Å². The second kappa shape index (κ2) is 6.18. The third-order valence-corrected chi connectivity index (χ3v) is 4.71. The number of thioether (sulfide) groups is 1. The van der Waals surface area contributed by atoms with E-state index >= 15 is 0 Å². The van der Waals surface area contributed by atoms with Crippen molar-refractivity contribution in [3.05, 3.63) is 35.4 Å². The Hall–Kier alpha value is -0.680. The van der Waals surface area contributed by atoms with Crippen LogP contribution in [0, 0.1) is 5.92 Å². The lowest BCUT2D eigenvalue weighted by atomic mass is 10.0. The molecule has 5 heteroatoms. The van der Waals surface area contributed by atoms with E-state index in [0.29, 0.717) is 5.92 Å². The van der Waals surface area contributed by atoms with Crippen LogP contribution < -0.4 is 5.32 Å². The average molecular weight is 289 g/mol. The molecular weight excluding hydrogens is 271 g/mol. The van der Waals surface area contributed by atoms with Gasteiger partial charge in [-0.15, -0.1) is 0 Å². The maximum Gasteiger partial charge on any atom is 0.416 e. The Labute approximate surface area is 116 Å². The molecule has 106 valence electrons. The molecule has 1 nitrogen and oxygen atoms in total. The number of halogens is 3. The van der Waals surface area contributed by atoms with Gasteiger partial charge in [0.1, 0.15) is 0 Å². The summed E-state index contributed by atoms with van der Waals surface area (Å²) in [6, 6.07) is 5.51. The van der Waals surface area contributed by atoms with E-state index in [0.717, 1.165) is 24.2 Å². The molecule has 0 saturated carbocycles. The lowest BCUT2D eigenvalue weighted by molar-refractivity contribution is -0.137. The van der Waals surface area contributed by atoms with Crippen molar-refractivity contribution in [2.75, 3.05) is 18.1 Å². The Morgan fingerprint density at radius 1 is 1.32 bits per heavy atom. The van der Waals surface area contributed by atoms with Crippen LogP contribution in [-0.2, 0) is 6.18 Å². The van der Waals surface area contributed by atoms with Crippen molar-refractivity contribution in [3.8, 4) is 0 Å². The van der Waals surface area contributed by atoms with Gasteiger partial charge >= 0.3 is 6.18 Å². The summed E-state index contributed by atoms with van der Waals surface area (Å²) in [4.78, 5) is 0. The summed E-state index contributed by atoms with van der Waals surface area (Å²) >= 11 is 1.97. The van der Waals surface area contributed by atoms with Gasteiger partial charge in [-0.25, -0.2) is 0 Å². The molecule has 2 unspecified atom stereocenters. The minimum atomic E-state index is -4.25. The summed E-state index contributed by atoms with van der Waals surface area (Å²) in [6.45, 7) is 2.93. The van der Waals surface area contributed by atoms with Gasteiger partial charge in [-0.05, 0) is 55.0 Å². The molecule has 1 aliphatic rings. The normalized spacial score (nSPS) is 21.6. The van der Waals surface area contributed by atoms with Crippen molar-refractivity contribution in [1.82, 2.24) is 5.32 Å². The first-order chi connectivity index (χ1) is 8.97. The summed E-state index contributed by atoms with van der Waals surface area (Å²) in [5, 5.41) is 3.40. The first-order valence-electron chi connectivity index (χ1n) is 6.45. The molecule has 2 atom stereocenters. The monoisotopic (exact) mass is 289 g/mol. The van der Waals surface area contributed by atoms with Gasteiger partial charge in [-0.1, -0.05) is 12.1 Å². The van der Waals surface area contributed by atoms with Crippen LogP contribution in [0.25, 0.3) is 0 Å². The van der Waals surface area contributed by atoms with Gasteiger partial charge in [-0.3, -0.25) is 0 Å². The highest BCUT2D eigenvalue weighted by Crippen LogP contribution is 2.30. The lowest BCUT2D eigenvalue weighted by Gasteiger charge is -2.17. The van der Waals surface area contributed by atoms with Crippen molar-refractivity contribution in [1.29, 1.82) is 0 Å². The summed E-state index contributed by atoms with van der Waals surface area (Å²) < 4.78 is 37.4. The number of nitrogens with one attached hydrogen (secondary N) is 1. The zero-order valence-corrected chi connectivity index (χ0v) is 11.7. The van der Waals surface area contributed by atoms with Gasteiger partial charge < -0.3 is 5.32 Å². The quantitative estimate of drug-likeness (QED) is 0.895. The largest absolute Gasteiger partial charge is 0.416 e. The Kier molecular flexibility index (Phi) is 4.79. The highest BCUT2D eigenvalue weighted by molar-refractivity contribution is 7.99. The molecule has 0 amide bonds. The molecule has 0 bridgehead atoms. The van der Waals surface area contributed by atoms with Crippen LogP contribution in [0.1, 0.15) is 30.5 Å². The Bertz CT molecular complexity index is 396. The van der Waals surface area contributed by atoms with Crippen LogP contribution in [0.5, 0.6) is 0 Å². The number of hydrogen-bond acceptors (Lipinski definition) is 2. The Balaban J connectivity index is 1.89. The number of hydrogen-bond donors (Lipinski definition) is 1. The van der Waals surface area contributed by atoms with Crippen LogP contribution in [0.3, 0.4) is 0 Å². The lowest BCUT2D eigenvalue weighted by Crippen LogP contribution is -2.25. The zero-order chi connectivity index (χ0) is 13.9. The molecule has 1 N–H and O–H groups in total. The molecule has 0 aliphatic carbocycles. The van der Waals surface area contributed by atoms with Crippen LogP contribution in [0.15, 0.2) is 24.3 Å². The molecule has 1 saturated heterocycles. The molecule has 0 aromatic heterocycles. The molecule has 1 aromatic carbocycles. The maximum absolute atomic E-state index is 12.5. The fourth-order valence-electron chi connectivity index (χ4n) is 2.17. The second-order valence-corrected chi connectivity index (χ2v) is 6.13. The molecule has 1 fully saturated rings. The van der Waals surface area contributed by atoms with E-state index in [1.165, 1.54) is 17.9 Å². The van der Waals surface area contributed by atoms with E-state index < -0.39 is 11.7 Å². The third-order valence-electron chi connectivity index (χ3n) is 3.47. The van der Waals surface area contributed by atoms with Crippen molar-refractivity contribution >= 4 is 11.8 Å². The average Bonchev–Trinajstić information content (AvgIpc) is 2.88. The summed E-state index contributed by atoms with van der Waals surface area (Å²) in [7, 11) is 0. The minimum absolute atomic E-state index is 0.0906. The summed E-state index contributed by atoms with van der Waals surface area (Å²) in [5.74, 6) is 3.11. The predicted octanol–water partition coefficient (Wildman–Crippen LogP) is 4.11. The minimum Gasteiger partial charge on any atom is -0.310 e. The molecule has 2 rings (SSSR count). The summed E-state index contributed by atoms with van der Waals surface area (Å²) in [6.07, 6.45) is -3.02. The van der Waals surface area contributed by atoms with Gasteiger partial charge in [0.25, 0.3) is 0 Å². The van der Waals surface area contributed by atoms with E-state index in [1.54, 1.807) is 12.1 Å². The summed E-state index contributed by atoms with van der Waals surface area (Å²) in [5.41, 5.74) is 0.314. The maximum atomic E-state index is 12.5. The zero-order valence-electron chi connectivity index (χ0n) is 10.8. The predicted molar refractivity (Wildman–Crippen MR) is 73.3 cm³/mol. The second-order valence-electron chi connectivity index (χ2n) is 4.98. The standard InChI is InChI=1S/C14H18F3NS/c1-10(18-8-11-6-7-19-9-11)12-2-4-13(5-3-12)14(15,16)17/h2-5,10-11,18H,6-9H2,1H3. The Morgan fingerprint density at radius 2 is 2.00 bits per heavy atom. The topological polar surface area (TPSA) is 12.0 Å². The van der Waals surface area contributed by atoms with Crippen LogP contribution >= 0.6 is 11.8 Å². The van der Waals surface area contributed by atoms with E-state index in [-0.39, 0.29) is 6.04 Å². The van der Waals surface area contributed by atoms with Crippen molar-refractivity contribution in [2.24, 2.45) is 5.92 Å². The number of alkyl halides is 3. The van der Waals surface area contributed by atoms with Crippen molar-refractivity contribution in [3.63, 3.8) is 0 Å². The van der Waals surface area contributed by atoms with Gasteiger partial charge in [0.15, 0.2) is 0 Å². The van der Waals surface area contributed by atoms with Crippen LogP contribution in [0.4, 0.5) is 13.2 Å². The Morgan fingerprint density at radius 3 is 2.53 bits per heavy atom. The highest BCUT2D eigenvalue weighted by atomic mass is 32.2. The number of benzene rings is 1. The fraction of sp³-hybridized carbons (Fsp3) is 0.571. The molecular formula is C14H18F3NS. The smallest absolute Gasteiger partial charge is 0.310 e. The molecule has 1 aliphatic heterocycles. The van der Waals surface area contributed by atoms with Gasteiger partial charge in [-0.2, -0.15) is 24.9 Å². The molecule has 19 heavy (non-hydrogen) atoms. The van der Waals surface area contributed by atoms with Gasteiger partial charge in [0.2, 0.25) is 0 Å². The number of rotatable bonds is 4. The van der Waals surface area contributed by atoms with E-state index in [9.17, 15) is 13.2 Å². The molecule has 1 aromatic rings. The van der Waals surface area contributed by atoms with Gasteiger partial charge in [0.05, 0.1) is 5.56 Å². The fourth-order valence-corrected chi connectivity index (χ4v) is 3.45. The SMILES string of the molecule is CC(NCC1CCSC1)c1ccc(C(F)(F)F)cc1. The van der Waals surface area contributed by atoms with Crippen molar-refractivity contribution in [2.45, 2.75) is 25.6 Å². The first kappa shape index (κ1) is 14.7. The highest BCUT2D eigenvalue weighted by Gasteiger charge is 2.30.